The average Bonchev–Trinajstić information content (AvgIpc) is 2.81. The van der Waals surface area contributed by atoms with Crippen molar-refractivity contribution in [2.45, 2.75) is 19.1 Å². The predicted molar refractivity (Wildman–Crippen MR) is 92.1 cm³/mol. The molecular formula is C15H17Br2NOS. The van der Waals surface area contributed by atoms with Crippen molar-refractivity contribution in [1.82, 2.24) is 4.90 Å². The molecular weight excluding hydrogens is 402 g/mol. The Bertz CT molecular complexity index is 558. The molecule has 0 aliphatic carbocycles. The van der Waals surface area contributed by atoms with E-state index in [0.29, 0.717) is 0 Å². The van der Waals surface area contributed by atoms with Crippen molar-refractivity contribution in [3.8, 4) is 0 Å². The Morgan fingerprint density at radius 2 is 2.10 bits per heavy atom. The van der Waals surface area contributed by atoms with Gasteiger partial charge in [0, 0.05) is 17.6 Å². The molecule has 1 unspecified atom stereocenters. The smallest absolute Gasteiger partial charge is 0.0802 e. The molecule has 0 radical (unpaired) electrons. The first-order chi connectivity index (χ1) is 9.54. The lowest BCUT2D eigenvalue weighted by molar-refractivity contribution is 0.147. The van der Waals surface area contributed by atoms with Gasteiger partial charge in [-0.3, -0.25) is 0 Å². The SMILES string of the molecule is CN(CCC(O)c1cccc(Br)c1)Cc1csc(Br)c1. The predicted octanol–water partition coefficient (Wildman–Crippen LogP) is 4.83. The molecule has 0 spiro atoms. The van der Waals surface area contributed by atoms with Crippen molar-refractivity contribution in [3.05, 3.63) is 55.1 Å². The number of nitrogens with zero attached hydrogens (tertiary/aromatic N) is 1. The maximum absolute atomic E-state index is 10.2. The van der Waals surface area contributed by atoms with Gasteiger partial charge >= 0.3 is 0 Å². The zero-order chi connectivity index (χ0) is 14.5. The van der Waals surface area contributed by atoms with Gasteiger partial charge in [0.2, 0.25) is 0 Å². The molecule has 0 fully saturated rings. The average molecular weight is 419 g/mol. The van der Waals surface area contributed by atoms with E-state index in [0.717, 1.165) is 33.3 Å². The highest BCUT2D eigenvalue weighted by atomic mass is 79.9. The molecule has 1 N–H and O–H groups in total. The summed E-state index contributed by atoms with van der Waals surface area (Å²) in [6.45, 7) is 1.77. The van der Waals surface area contributed by atoms with Gasteiger partial charge in [0.25, 0.3) is 0 Å². The van der Waals surface area contributed by atoms with Gasteiger partial charge in [0.15, 0.2) is 0 Å². The molecule has 2 aromatic rings. The largest absolute Gasteiger partial charge is 0.388 e. The number of benzene rings is 1. The molecule has 2 nitrogen and oxygen atoms in total. The van der Waals surface area contributed by atoms with E-state index in [4.69, 9.17) is 0 Å². The summed E-state index contributed by atoms with van der Waals surface area (Å²) in [5, 5.41) is 12.4. The molecule has 108 valence electrons. The third kappa shape index (κ3) is 4.97. The minimum atomic E-state index is -0.413. The van der Waals surface area contributed by atoms with Gasteiger partial charge in [-0.2, -0.15) is 0 Å². The van der Waals surface area contributed by atoms with Gasteiger partial charge < -0.3 is 10.0 Å². The topological polar surface area (TPSA) is 23.5 Å². The fourth-order valence-corrected chi connectivity index (χ4v) is 3.66. The van der Waals surface area contributed by atoms with E-state index in [2.05, 4.69) is 55.3 Å². The lowest BCUT2D eigenvalue weighted by Crippen LogP contribution is -2.20. The summed E-state index contributed by atoms with van der Waals surface area (Å²) in [4.78, 5) is 2.23. The van der Waals surface area contributed by atoms with E-state index in [1.54, 1.807) is 11.3 Å². The summed E-state index contributed by atoms with van der Waals surface area (Å²) in [6.07, 6.45) is 0.322. The van der Waals surface area contributed by atoms with Crippen molar-refractivity contribution in [3.63, 3.8) is 0 Å². The third-order valence-electron chi connectivity index (χ3n) is 3.09. The van der Waals surface area contributed by atoms with Crippen LogP contribution in [0, 0.1) is 0 Å². The second-order valence-corrected chi connectivity index (χ2v) is 8.06. The van der Waals surface area contributed by atoms with E-state index < -0.39 is 6.10 Å². The highest BCUT2D eigenvalue weighted by molar-refractivity contribution is 9.11. The summed E-state index contributed by atoms with van der Waals surface area (Å²) in [7, 11) is 2.08. The second kappa shape index (κ2) is 7.71. The Labute approximate surface area is 140 Å². The number of halogens is 2. The molecule has 0 amide bonds. The summed E-state index contributed by atoms with van der Waals surface area (Å²) in [6, 6.07) is 10.0. The van der Waals surface area contributed by atoms with Gasteiger partial charge in [-0.05, 0) is 64.1 Å². The van der Waals surface area contributed by atoms with Crippen LogP contribution in [0.5, 0.6) is 0 Å². The van der Waals surface area contributed by atoms with Crippen LogP contribution in [-0.2, 0) is 6.54 Å². The normalized spacial score (nSPS) is 12.8. The Kier molecular flexibility index (Phi) is 6.23. The fraction of sp³-hybridized carbons (Fsp3) is 0.333. The van der Waals surface area contributed by atoms with Gasteiger partial charge in [-0.25, -0.2) is 0 Å². The minimum Gasteiger partial charge on any atom is -0.388 e. The number of aliphatic hydroxyl groups is 1. The fourth-order valence-electron chi connectivity index (χ4n) is 2.04. The number of thiophene rings is 1. The van der Waals surface area contributed by atoms with E-state index in [1.165, 1.54) is 5.56 Å². The van der Waals surface area contributed by atoms with Gasteiger partial charge in [-0.1, -0.05) is 28.1 Å². The first-order valence-electron chi connectivity index (χ1n) is 6.39. The van der Waals surface area contributed by atoms with Crippen LogP contribution in [0.3, 0.4) is 0 Å². The molecule has 0 saturated carbocycles. The number of hydrogen-bond acceptors (Lipinski definition) is 3. The zero-order valence-electron chi connectivity index (χ0n) is 11.2. The van der Waals surface area contributed by atoms with Crippen LogP contribution >= 0.6 is 43.2 Å². The van der Waals surface area contributed by atoms with E-state index in [-0.39, 0.29) is 0 Å². The molecule has 20 heavy (non-hydrogen) atoms. The molecule has 2 rings (SSSR count). The van der Waals surface area contributed by atoms with Crippen LogP contribution in [0.4, 0.5) is 0 Å². The van der Waals surface area contributed by atoms with Crippen molar-refractivity contribution < 1.29 is 5.11 Å². The summed E-state index contributed by atoms with van der Waals surface area (Å²) in [5.74, 6) is 0. The van der Waals surface area contributed by atoms with Gasteiger partial charge in [0.1, 0.15) is 0 Å². The van der Waals surface area contributed by atoms with Crippen LogP contribution in [0.2, 0.25) is 0 Å². The number of rotatable bonds is 6. The first kappa shape index (κ1) is 16.2. The van der Waals surface area contributed by atoms with Crippen molar-refractivity contribution in [2.75, 3.05) is 13.6 Å². The summed E-state index contributed by atoms with van der Waals surface area (Å²) in [5.41, 5.74) is 2.27. The van der Waals surface area contributed by atoms with Crippen LogP contribution in [-0.4, -0.2) is 23.6 Å². The van der Waals surface area contributed by atoms with Crippen LogP contribution in [0.1, 0.15) is 23.7 Å². The quantitative estimate of drug-likeness (QED) is 0.726. The highest BCUT2D eigenvalue weighted by Crippen LogP contribution is 2.23. The minimum absolute atomic E-state index is 0.413. The molecule has 0 aliphatic heterocycles. The van der Waals surface area contributed by atoms with Crippen LogP contribution in [0.15, 0.2) is 44.0 Å². The lowest BCUT2D eigenvalue weighted by atomic mass is 10.1. The maximum Gasteiger partial charge on any atom is 0.0802 e. The number of aliphatic hydroxyl groups excluding tert-OH is 1. The highest BCUT2D eigenvalue weighted by Gasteiger charge is 2.10. The van der Waals surface area contributed by atoms with Crippen molar-refractivity contribution >= 4 is 43.2 Å². The van der Waals surface area contributed by atoms with Gasteiger partial charge in [-0.15, -0.1) is 11.3 Å². The Balaban J connectivity index is 1.82. The van der Waals surface area contributed by atoms with E-state index >= 15 is 0 Å². The molecule has 1 aromatic carbocycles. The van der Waals surface area contributed by atoms with E-state index in [9.17, 15) is 5.11 Å². The maximum atomic E-state index is 10.2. The summed E-state index contributed by atoms with van der Waals surface area (Å²) < 4.78 is 2.17. The zero-order valence-corrected chi connectivity index (χ0v) is 15.2. The molecule has 1 heterocycles. The Morgan fingerprint density at radius 1 is 1.30 bits per heavy atom. The Hall–Kier alpha value is -0.200. The Morgan fingerprint density at radius 3 is 2.75 bits per heavy atom. The molecule has 0 bridgehead atoms. The molecule has 0 saturated heterocycles. The first-order valence-corrected chi connectivity index (χ1v) is 8.86. The lowest BCUT2D eigenvalue weighted by Gasteiger charge is -2.18. The molecule has 1 atom stereocenters. The standard InChI is InChI=1S/C15H17Br2NOS/c1-18(9-11-7-15(17)20-10-11)6-5-14(19)12-3-2-4-13(16)8-12/h2-4,7-8,10,14,19H,5-6,9H2,1H3. The van der Waals surface area contributed by atoms with Crippen molar-refractivity contribution in [1.29, 1.82) is 0 Å². The van der Waals surface area contributed by atoms with Crippen LogP contribution in [0.25, 0.3) is 0 Å². The molecule has 0 aliphatic rings. The van der Waals surface area contributed by atoms with Crippen molar-refractivity contribution in [2.24, 2.45) is 0 Å². The third-order valence-corrected chi connectivity index (χ3v) is 5.14. The monoisotopic (exact) mass is 417 g/mol. The summed E-state index contributed by atoms with van der Waals surface area (Å²) >= 11 is 8.61. The number of hydrogen-bond donors (Lipinski definition) is 1. The van der Waals surface area contributed by atoms with E-state index in [1.807, 2.05) is 24.3 Å². The van der Waals surface area contributed by atoms with Crippen LogP contribution < -0.4 is 0 Å². The molecule has 1 aromatic heterocycles. The molecule has 5 heteroatoms. The second-order valence-electron chi connectivity index (χ2n) is 4.86. The van der Waals surface area contributed by atoms with Gasteiger partial charge in [0.05, 0.1) is 9.89 Å².